The second kappa shape index (κ2) is 5.50. The Bertz CT molecular complexity index is 542. The van der Waals surface area contributed by atoms with Gasteiger partial charge in [0.05, 0.1) is 11.1 Å². The van der Waals surface area contributed by atoms with Gasteiger partial charge in [-0.05, 0) is 24.6 Å². The Hall–Kier alpha value is -1.39. The van der Waals surface area contributed by atoms with E-state index in [1.165, 1.54) is 12.1 Å². The van der Waals surface area contributed by atoms with Crippen molar-refractivity contribution >= 4 is 11.6 Å². The molecule has 3 nitrogen and oxygen atoms in total. The third-order valence-electron chi connectivity index (χ3n) is 2.71. The second-order valence-corrected chi connectivity index (χ2v) is 4.55. The predicted octanol–water partition coefficient (Wildman–Crippen LogP) is 3.93. The van der Waals surface area contributed by atoms with Crippen molar-refractivity contribution in [2.45, 2.75) is 25.8 Å². The summed E-state index contributed by atoms with van der Waals surface area (Å²) < 4.78 is 18.2. The molecule has 0 bridgehead atoms. The molecule has 2 N–H and O–H groups in total. The van der Waals surface area contributed by atoms with E-state index in [1.54, 1.807) is 12.1 Å². The molecule has 1 heterocycles. The maximum atomic E-state index is 13.1. The van der Waals surface area contributed by atoms with Gasteiger partial charge in [-0.15, -0.1) is 0 Å². The molecule has 0 fully saturated rings. The van der Waals surface area contributed by atoms with Crippen LogP contribution in [-0.4, -0.2) is 5.16 Å². The maximum Gasteiger partial charge on any atom is 0.154 e. The summed E-state index contributed by atoms with van der Waals surface area (Å²) in [5.41, 5.74) is 7.25. The average Bonchev–Trinajstić information content (AvgIpc) is 2.82. The largest absolute Gasteiger partial charge is 0.359 e. The van der Waals surface area contributed by atoms with Gasteiger partial charge in [0.2, 0.25) is 0 Å². The number of hydrogen-bond acceptors (Lipinski definition) is 3. The van der Waals surface area contributed by atoms with Gasteiger partial charge < -0.3 is 10.3 Å². The molecule has 0 saturated heterocycles. The summed E-state index contributed by atoms with van der Waals surface area (Å²) >= 11 is 5.72. The zero-order valence-electron chi connectivity index (χ0n) is 9.99. The van der Waals surface area contributed by atoms with E-state index in [4.69, 9.17) is 21.9 Å². The van der Waals surface area contributed by atoms with E-state index in [0.29, 0.717) is 17.0 Å². The van der Waals surface area contributed by atoms with Crippen LogP contribution in [0.4, 0.5) is 4.39 Å². The van der Waals surface area contributed by atoms with Gasteiger partial charge >= 0.3 is 0 Å². The fourth-order valence-corrected chi connectivity index (χ4v) is 1.89. The number of benzene rings is 1. The average molecular weight is 269 g/mol. The van der Waals surface area contributed by atoms with Crippen molar-refractivity contribution in [2.24, 2.45) is 5.73 Å². The normalized spacial score (nSPS) is 12.7. The molecular formula is C13H14ClFN2O. The molecule has 0 aliphatic carbocycles. The molecule has 1 aromatic heterocycles. The lowest BCUT2D eigenvalue weighted by Crippen LogP contribution is -2.08. The molecule has 2 aromatic rings. The zero-order chi connectivity index (χ0) is 13.1. The molecule has 1 unspecified atom stereocenters. The standard InChI is InChI=1S/C13H14ClFN2O/c1-2-3-11(16)13-7-12(17-18-13)8-4-5-10(15)9(14)6-8/h4-7,11H,2-3,16H2,1H3. The Morgan fingerprint density at radius 3 is 2.89 bits per heavy atom. The minimum absolute atomic E-state index is 0.0647. The Kier molecular flexibility index (Phi) is 3.99. The van der Waals surface area contributed by atoms with Crippen LogP contribution in [0.1, 0.15) is 31.6 Å². The maximum absolute atomic E-state index is 13.1. The lowest BCUT2D eigenvalue weighted by atomic mass is 10.1. The van der Waals surface area contributed by atoms with Crippen LogP contribution in [0.25, 0.3) is 11.3 Å². The third-order valence-corrected chi connectivity index (χ3v) is 3.00. The summed E-state index contributed by atoms with van der Waals surface area (Å²) in [6.45, 7) is 2.05. The SMILES string of the molecule is CCCC(N)c1cc(-c2ccc(F)c(Cl)c2)no1. The van der Waals surface area contributed by atoms with E-state index >= 15 is 0 Å². The van der Waals surface area contributed by atoms with Crippen LogP contribution in [0.5, 0.6) is 0 Å². The molecule has 18 heavy (non-hydrogen) atoms. The van der Waals surface area contributed by atoms with Crippen LogP contribution in [0, 0.1) is 5.82 Å². The first kappa shape index (κ1) is 13.1. The number of nitrogens with zero attached hydrogens (tertiary/aromatic N) is 1. The summed E-state index contributed by atoms with van der Waals surface area (Å²) in [5, 5.41) is 3.99. The molecule has 5 heteroatoms. The first-order valence-corrected chi connectivity index (χ1v) is 6.17. The van der Waals surface area contributed by atoms with Crippen molar-refractivity contribution in [1.82, 2.24) is 5.16 Å². The van der Waals surface area contributed by atoms with Crippen LogP contribution in [-0.2, 0) is 0 Å². The molecule has 0 radical (unpaired) electrons. The molecule has 0 saturated carbocycles. The molecule has 2 rings (SSSR count). The topological polar surface area (TPSA) is 52.0 Å². The molecule has 96 valence electrons. The quantitative estimate of drug-likeness (QED) is 0.914. The smallest absolute Gasteiger partial charge is 0.154 e. The van der Waals surface area contributed by atoms with Gasteiger partial charge in [-0.3, -0.25) is 0 Å². The molecule has 0 amide bonds. The molecule has 0 aliphatic heterocycles. The van der Waals surface area contributed by atoms with Crippen molar-refractivity contribution in [3.8, 4) is 11.3 Å². The molecule has 1 aromatic carbocycles. The van der Waals surface area contributed by atoms with E-state index in [1.807, 2.05) is 0 Å². The van der Waals surface area contributed by atoms with Crippen LogP contribution < -0.4 is 5.73 Å². The van der Waals surface area contributed by atoms with Crippen LogP contribution in [0.15, 0.2) is 28.8 Å². The predicted molar refractivity (Wildman–Crippen MR) is 68.7 cm³/mol. The van der Waals surface area contributed by atoms with Gasteiger partial charge in [0.25, 0.3) is 0 Å². The van der Waals surface area contributed by atoms with Gasteiger partial charge in [0.15, 0.2) is 5.76 Å². The summed E-state index contributed by atoms with van der Waals surface area (Å²) in [6, 6.07) is 6.03. The number of aromatic nitrogens is 1. The fraction of sp³-hybridized carbons (Fsp3) is 0.308. The second-order valence-electron chi connectivity index (χ2n) is 4.14. The summed E-state index contributed by atoms with van der Waals surface area (Å²) in [5.74, 6) is 0.180. The lowest BCUT2D eigenvalue weighted by Gasteiger charge is -2.03. The van der Waals surface area contributed by atoms with E-state index in [0.717, 1.165) is 12.8 Å². The Morgan fingerprint density at radius 1 is 1.44 bits per heavy atom. The van der Waals surface area contributed by atoms with E-state index in [9.17, 15) is 4.39 Å². The molecular weight excluding hydrogens is 255 g/mol. The highest BCUT2D eigenvalue weighted by Crippen LogP contribution is 2.26. The summed E-state index contributed by atoms with van der Waals surface area (Å²) in [4.78, 5) is 0. The summed E-state index contributed by atoms with van der Waals surface area (Å²) in [6.07, 6.45) is 1.80. The number of nitrogens with two attached hydrogens (primary N) is 1. The number of rotatable bonds is 4. The molecule has 0 aliphatic rings. The monoisotopic (exact) mass is 268 g/mol. The van der Waals surface area contributed by atoms with Crippen molar-refractivity contribution in [1.29, 1.82) is 0 Å². The number of hydrogen-bond donors (Lipinski definition) is 1. The lowest BCUT2D eigenvalue weighted by molar-refractivity contribution is 0.356. The fourth-order valence-electron chi connectivity index (χ4n) is 1.71. The highest BCUT2D eigenvalue weighted by atomic mass is 35.5. The first-order chi connectivity index (χ1) is 8.61. The highest BCUT2D eigenvalue weighted by Gasteiger charge is 2.13. The molecule has 0 spiro atoms. The van der Waals surface area contributed by atoms with Gasteiger partial charge in [-0.1, -0.05) is 30.1 Å². The van der Waals surface area contributed by atoms with Crippen molar-refractivity contribution in [3.05, 3.63) is 40.9 Å². The van der Waals surface area contributed by atoms with Crippen molar-refractivity contribution < 1.29 is 8.91 Å². The Labute approximate surface area is 110 Å². The zero-order valence-corrected chi connectivity index (χ0v) is 10.7. The third kappa shape index (κ3) is 2.71. The Balaban J connectivity index is 2.26. The van der Waals surface area contributed by atoms with Gasteiger partial charge in [-0.2, -0.15) is 0 Å². The van der Waals surface area contributed by atoms with Crippen molar-refractivity contribution in [2.75, 3.05) is 0 Å². The van der Waals surface area contributed by atoms with E-state index < -0.39 is 5.82 Å². The van der Waals surface area contributed by atoms with Crippen LogP contribution in [0.2, 0.25) is 5.02 Å². The van der Waals surface area contributed by atoms with E-state index in [2.05, 4.69) is 12.1 Å². The van der Waals surface area contributed by atoms with Crippen LogP contribution in [0.3, 0.4) is 0 Å². The minimum Gasteiger partial charge on any atom is -0.359 e. The number of halogens is 2. The molecule has 1 atom stereocenters. The first-order valence-electron chi connectivity index (χ1n) is 5.79. The van der Waals surface area contributed by atoms with Crippen LogP contribution >= 0.6 is 11.6 Å². The van der Waals surface area contributed by atoms with Crippen molar-refractivity contribution in [3.63, 3.8) is 0 Å². The van der Waals surface area contributed by atoms with Gasteiger partial charge in [0.1, 0.15) is 11.5 Å². The highest BCUT2D eigenvalue weighted by molar-refractivity contribution is 6.31. The summed E-state index contributed by atoms with van der Waals surface area (Å²) in [7, 11) is 0. The van der Waals surface area contributed by atoms with E-state index in [-0.39, 0.29) is 11.1 Å². The van der Waals surface area contributed by atoms with Gasteiger partial charge in [0, 0.05) is 11.6 Å². The minimum atomic E-state index is -0.452. The van der Waals surface area contributed by atoms with Gasteiger partial charge in [-0.25, -0.2) is 4.39 Å². The Morgan fingerprint density at radius 2 is 2.22 bits per heavy atom.